The van der Waals surface area contributed by atoms with Crippen LogP contribution in [-0.2, 0) is 11.2 Å². The summed E-state index contributed by atoms with van der Waals surface area (Å²) in [4.78, 5) is 16.3. The van der Waals surface area contributed by atoms with Crippen molar-refractivity contribution in [1.82, 2.24) is 9.55 Å². The van der Waals surface area contributed by atoms with Gasteiger partial charge in [-0.05, 0) is 37.6 Å². The molecule has 5 nitrogen and oxygen atoms in total. The third kappa shape index (κ3) is 3.10. The Bertz CT molecular complexity index is 660. The molecular weight excluding hydrogens is 334 g/mol. The first-order valence-electron chi connectivity index (χ1n) is 6.79. The largest absolute Gasteiger partial charge is 0.461 e. The van der Waals surface area contributed by atoms with Gasteiger partial charge in [0.2, 0.25) is 0 Å². The Morgan fingerprint density at radius 2 is 2.10 bits per heavy atom. The summed E-state index contributed by atoms with van der Waals surface area (Å²) >= 11 is 3.48. The maximum atomic E-state index is 11.9. The number of aromatic nitrogens is 2. The van der Waals surface area contributed by atoms with Crippen molar-refractivity contribution in [1.29, 1.82) is 0 Å². The first-order valence-corrected chi connectivity index (χ1v) is 7.59. The molecule has 112 valence electrons. The van der Waals surface area contributed by atoms with Crippen molar-refractivity contribution in [3.05, 3.63) is 39.8 Å². The summed E-state index contributed by atoms with van der Waals surface area (Å²) in [6.45, 7) is 6.02. The standard InChI is InChI=1S/C15H18BrN3O2/c1-4-12-18-13(15(20)21-5-2)14(17)19(12)11-7-9(3)6-10(16)8-11/h6-8H,4-5,17H2,1-3H3. The number of rotatable bonds is 4. The first kappa shape index (κ1) is 15.6. The summed E-state index contributed by atoms with van der Waals surface area (Å²) in [5.74, 6) is 0.547. The second kappa shape index (κ2) is 6.30. The molecule has 6 heteroatoms. The molecule has 21 heavy (non-hydrogen) atoms. The lowest BCUT2D eigenvalue weighted by Crippen LogP contribution is -2.09. The van der Waals surface area contributed by atoms with Crippen molar-refractivity contribution < 1.29 is 9.53 Å². The number of esters is 1. The number of halogens is 1. The molecule has 0 amide bonds. The molecule has 2 rings (SSSR count). The van der Waals surface area contributed by atoms with Crippen LogP contribution in [0.1, 0.15) is 35.7 Å². The van der Waals surface area contributed by atoms with Gasteiger partial charge in [-0.2, -0.15) is 0 Å². The Kier molecular flexibility index (Phi) is 4.67. The normalized spacial score (nSPS) is 10.7. The number of ether oxygens (including phenoxy) is 1. The molecule has 2 N–H and O–H groups in total. The topological polar surface area (TPSA) is 70.1 Å². The van der Waals surface area contributed by atoms with E-state index < -0.39 is 5.97 Å². The highest BCUT2D eigenvalue weighted by molar-refractivity contribution is 9.10. The average molecular weight is 352 g/mol. The fraction of sp³-hybridized carbons (Fsp3) is 0.333. The molecule has 0 saturated carbocycles. The summed E-state index contributed by atoms with van der Waals surface area (Å²) in [6, 6.07) is 5.95. The van der Waals surface area contributed by atoms with Crippen molar-refractivity contribution in [2.45, 2.75) is 27.2 Å². The zero-order valence-corrected chi connectivity index (χ0v) is 13.9. The van der Waals surface area contributed by atoms with Crippen LogP contribution >= 0.6 is 15.9 Å². The molecule has 1 heterocycles. The minimum atomic E-state index is -0.491. The van der Waals surface area contributed by atoms with E-state index in [4.69, 9.17) is 10.5 Å². The number of nitrogens with two attached hydrogens (primary N) is 1. The molecular formula is C15H18BrN3O2. The third-order valence-electron chi connectivity index (χ3n) is 3.05. The van der Waals surface area contributed by atoms with E-state index in [-0.39, 0.29) is 5.69 Å². The number of nitrogens with zero attached hydrogens (tertiary/aromatic N) is 2. The maximum absolute atomic E-state index is 11.9. The number of nitrogen functional groups attached to an aromatic ring is 1. The molecule has 0 aliphatic carbocycles. The monoisotopic (exact) mass is 351 g/mol. The summed E-state index contributed by atoms with van der Waals surface area (Å²) < 4.78 is 7.75. The quantitative estimate of drug-likeness (QED) is 0.858. The second-order valence-corrected chi connectivity index (χ2v) is 5.57. The lowest BCUT2D eigenvalue weighted by molar-refractivity contribution is 0.0521. The summed E-state index contributed by atoms with van der Waals surface area (Å²) in [5.41, 5.74) is 8.26. The molecule has 0 fully saturated rings. The molecule has 0 unspecified atom stereocenters. The second-order valence-electron chi connectivity index (χ2n) is 4.66. The van der Waals surface area contributed by atoms with Crippen molar-refractivity contribution in [2.24, 2.45) is 0 Å². The Balaban J connectivity index is 2.60. The van der Waals surface area contributed by atoms with Crippen LogP contribution in [0.25, 0.3) is 5.69 Å². The van der Waals surface area contributed by atoms with Gasteiger partial charge in [0, 0.05) is 10.9 Å². The molecule has 0 saturated heterocycles. The SMILES string of the molecule is CCOC(=O)c1nc(CC)n(-c2cc(C)cc(Br)c2)c1N. The highest BCUT2D eigenvalue weighted by atomic mass is 79.9. The lowest BCUT2D eigenvalue weighted by Gasteiger charge is -2.10. The molecule has 2 aromatic rings. The molecule has 0 spiro atoms. The van der Waals surface area contributed by atoms with Gasteiger partial charge in [-0.1, -0.05) is 22.9 Å². The lowest BCUT2D eigenvalue weighted by atomic mass is 10.2. The van der Waals surface area contributed by atoms with Crippen LogP contribution in [0, 0.1) is 6.92 Å². The van der Waals surface area contributed by atoms with Gasteiger partial charge < -0.3 is 10.5 Å². The zero-order valence-electron chi connectivity index (χ0n) is 12.3. The van der Waals surface area contributed by atoms with E-state index in [0.29, 0.717) is 18.8 Å². The van der Waals surface area contributed by atoms with E-state index in [1.54, 1.807) is 11.5 Å². The van der Waals surface area contributed by atoms with Crippen molar-refractivity contribution in [3.63, 3.8) is 0 Å². The fourth-order valence-electron chi connectivity index (χ4n) is 2.20. The van der Waals surface area contributed by atoms with Gasteiger partial charge in [0.05, 0.1) is 12.3 Å². The van der Waals surface area contributed by atoms with Gasteiger partial charge in [0.25, 0.3) is 0 Å². The van der Waals surface area contributed by atoms with E-state index in [1.807, 2.05) is 32.0 Å². The van der Waals surface area contributed by atoms with Gasteiger partial charge >= 0.3 is 5.97 Å². The smallest absolute Gasteiger partial charge is 0.360 e. The minimum absolute atomic E-state index is 0.173. The summed E-state index contributed by atoms with van der Waals surface area (Å²) in [7, 11) is 0. The molecule has 0 bridgehead atoms. The summed E-state index contributed by atoms with van der Waals surface area (Å²) in [5, 5.41) is 0. The molecule has 0 aliphatic heterocycles. The van der Waals surface area contributed by atoms with Gasteiger partial charge in [-0.25, -0.2) is 9.78 Å². The fourth-order valence-corrected chi connectivity index (χ4v) is 2.80. The number of hydrogen-bond acceptors (Lipinski definition) is 4. The number of carbonyl (C=O) groups excluding carboxylic acids is 1. The zero-order chi connectivity index (χ0) is 15.6. The van der Waals surface area contributed by atoms with Crippen LogP contribution in [0.5, 0.6) is 0 Å². The molecule has 1 aromatic heterocycles. The van der Waals surface area contributed by atoms with Gasteiger partial charge in [0.15, 0.2) is 5.69 Å². The Labute approximate surface area is 132 Å². The molecule has 0 radical (unpaired) electrons. The number of carbonyl (C=O) groups is 1. The van der Waals surface area contributed by atoms with Crippen LogP contribution in [0.3, 0.4) is 0 Å². The molecule has 0 aliphatic rings. The number of benzene rings is 1. The van der Waals surface area contributed by atoms with E-state index in [9.17, 15) is 4.79 Å². The Morgan fingerprint density at radius 1 is 1.38 bits per heavy atom. The minimum Gasteiger partial charge on any atom is -0.461 e. The average Bonchev–Trinajstić information content (AvgIpc) is 2.75. The first-order chi connectivity index (χ1) is 9.97. The highest BCUT2D eigenvalue weighted by Gasteiger charge is 2.21. The van der Waals surface area contributed by atoms with E-state index >= 15 is 0 Å². The third-order valence-corrected chi connectivity index (χ3v) is 3.51. The van der Waals surface area contributed by atoms with Gasteiger partial charge in [0.1, 0.15) is 11.6 Å². The van der Waals surface area contributed by atoms with Gasteiger partial charge in [-0.15, -0.1) is 0 Å². The highest BCUT2D eigenvalue weighted by Crippen LogP contribution is 2.25. The summed E-state index contributed by atoms with van der Waals surface area (Å²) in [6.07, 6.45) is 0.662. The van der Waals surface area contributed by atoms with Crippen molar-refractivity contribution in [3.8, 4) is 5.69 Å². The van der Waals surface area contributed by atoms with E-state index in [2.05, 4.69) is 20.9 Å². The molecule has 0 atom stereocenters. The predicted octanol–water partition coefficient (Wildman–Crippen LogP) is 3.26. The number of aryl methyl sites for hydroxylation is 2. The Morgan fingerprint density at radius 3 is 2.67 bits per heavy atom. The van der Waals surface area contributed by atoms with Crippen LogP contribution < -0.4 is 5.73 Å². The van der Waals surface area contributed by atoms with E-state index in [1.165, 1.54) is 0 Å². The van der Waals surface area contributed by atoms with Gasteiger partial charge in [-0.3, -0.25) is 4.57 Å². The van der Waals surface area contributed by atoms with Crippen LogP contribution in [0.2, 0.25) is 0 Å². The van der Waals surface area contributed by atoms with Crippen LogP contribution in [0.4, 0.5) is 5.82 Å². The predicted molar refractivity (Wildman–Crippen MR) is 85.7 cm³/mol. The number of imidazole rings is 1. The number of hydrogen-bond donors (Lipinski definition) is 1. The number of anilines is 1. The van der Waals surface area contributed by atoms with Crippen molar-refractivity contribution in [2.75, 3.05) is 12.3 Å². The van der Waals surface area contributed by atoms with Crippen LogP contribution in [-0.4, -0.2) is 22.1 Å². The molecule has 1 aromatic carbocycles. The Hall–Kier alpha value is -1.82. The van der Waals surface area contributed by atoms with Crippen LogP contribution in [0.15, 0.2) is 22.7 Å². The van der Waals surface area contributed by atoms with E-state index in [0.717, 1.165) is 21.5 Å². The van der Waals surface area contributed by atoms with Crippen molar-refractivity contribution >= 4 is 27.7 Å². The maximum Gasteiger partial charge on any atom is 0.360 e.